The second-order valence-corrected chi connectivity index (χ2v) is 8.39. The van der Waals surface area contributed by atoms with E-state index in [0.29, 0.717) is 6.54 Å². The molecule has 1 saturated heterocycles. The second kappa shape index (κ2) is 8.30. The Morgan fingerprint density at radius 1 is 1.06 bits per heavy atom. The van der Waals surface area contributed by atoms with Gasteiger partial charge in [-0.05, 0) is 34.9 Å². The Morgan fingerprint density at radius 2 is 1.87 bits per heavy atom. The number of benzene rings is 2. The van der Waals surface area contributed by atoms with Crippen LogP contribution in [0.25, 0.3) is 28.2 Å². The molecule has 3 heterocycles. The molecule has 0 saturated carbocycles. The van der Waals surface area contributed by atoms with Crippen LogP contribution in [0.5, 0.6) is 0 Å². The molecule has 160 valence electrons. The van der Waals surface area contributed by atoms with Gasteiger partial charge in [-0.3, -0.25) is 14.6 Å². The van der Waals surface area contributed by atoms with Gasteiger partial charge in [0, 0.05) is 68.0 Å². The first kappa shape index (κ1) is 20.0. The Kier molecular flexibility index (Phi) is 5.36. The standard InChI is InChI=1S/C25H28N4O2/c1-2-18-4-5-20(24-21(18)15-26-25(24)31)23-14-19-13-17(3-6-22(19)27-23)16-29-9-7-28(8-10-29)11-12-30/h2-6,13-14,27,30H,1,7-12,15-16H2,(H,26,31). The third kappa shape index (κ3) is 3.78. The molecule has 1 fully saturated rings. The summed E-state index contributed by atoms with van der Waals surface area (Å²) in [6.45, 7) is 10.4. The summed E-state index contributed by atoms with van der Waals surface area (Å²) in [6, 6.07) is 12.8. The molecule has 3 N–H and O–H groups in total. The summed E-state index contributed by atoms with van der Waals surface area (Å²) in [4.78, 5) is 20.8. The zero-order valence-corrected chi connectivity index (χ0v) is 17.7. The molecule has 1 amide bonds. The molecule has 0 spiro atoms. The monoisotopic (exact) mass is 416 g/mol. The molecular formula is C25H28N4O2. The Morgan fingerprint density at radius 3 is 2.65 bits per heavy atom. The van der Waals surface area contributed by atoms with Gasteiger partial charge in [-0.25, -0.2) is 0 Å². The number of aromatic amines is 1. The molecule has 31 heavy (non-hydrogen) atoms. The molecule has 0 unspecified atom stereocenters. The van der Waals surface area contributed by atoms with Crippen LogP contribution < -0.4 is 5.32 Å². The molecule has 0 aliphatic carbocycles. The molecule has 0 radical (unpaired) electrons. The third-order valence-corrected chi connectivity index (χ3v) is 6.48. The van der Waals surface area contributed by atoms with Crippen molar-refractivity contribution < 1.29 is 9.90 Å². The van der Waals surface area contributed by atoms with Crippen LogP contribution >= 0.6 is 0 Å². The van der Waals surface area contributed by atoms with Crippen molar-refractivity contribution in [2.75, 3.05) is 39.3 Å². The summed E-state index contributed by atoms with van der Waals surface area (Å²) in [7, 11) is 0. The number of rotatable bonds is 6. The van der Waals surface area contributed by atoms with E-state index in [1.165, 1.54) is 5.56 Å². The Hall–Kier alpha value is -2.93. The summed E-state index contributed by atoms with van der Waals surface area (Å²) >= 11 is 0. The average molecular weight is 417 g/mol. The van der Waals surface area contributed by atoms with E-state index in [2.05, 4.69) is 50.9 Å². The normalized spacial score (nSPS) is 17.1. The molecule has 6 nitrogen and oxygen atoms in total. The lowest BCUT2D eigenvalue weighted by Gasteiger charge is -2.34. The number of carbonyl (C=O) groups excluding carboxylic acids is 1. The van der Waals surface area contributed by atoms with Crippen LogP contribution in [0.4, 0.5) is 0 Å². The van der Waals surface area contributed by atoms with Gasteiger partial charge in [-0.2, -0.15) is 0 Å². The van der Waals surface area contributed by atoms with Gasteiger partial charge in [0.15, 0.2) is 0 Å². The van der Waals surface area contributed by atoms with Crippen molar-refractivity contribution in [1.29, 1.82) is 0 Å². The number of nitrogens with zero attached hydrogens (tertiary/aromatic N) is 2. The second-order valence-electron chi connectivity index (χ2n) is 8.39. The highest BCUT2D eigenvalue weighted by Gasteiger charge is 2.26. The molecule has 6 heteroatoms. The number of nitrogens with one attached hydrogen (secondary N) is 2. The lowest BCUT2D eigenvalue weighted by Crippen LogP contribution is -2.46. The van der Waals surface area contributed by atoms with Crippen molar-refractivity contribution in [2.24, 2.45) is 0 Å². The number of fused-ring (bicyclic) bond motifs is 2. The number of hydrogen-bond acceptors (Lipinski definition) is 4. The highest BCUT2D eigenvalue weighted by molar-refractivity contribution is 6.06. The van der Waals surface area contributed by atoms with Gasteiger partial charge in [0.2, 0.25) is 0 Å². The van der Waals surface area contributed by atoms with Gasteiger partial charge in [0.1, 0.15) is 0 Å². The maximum Gasteiger partial charge on any atom is 0.252 e. The Balaban J connectivity index is 1.39. The minimum atomic E-state index is -0.0200. The van der Waals surface area contributed by atoms with E-state index in [-0.39, 0.29) is 12.5 Å². The Labute approximate surface area is 182 Å². The predicted octanol–water partition coefficient (Wildman–Crippen LogP) is 2.83. The first-order valence-corrected chi connectivity index (χ1v) is 10.9. The topological polar surface area (TPSA) is 71.6 Å². The first-order valence-electron chi connectivity index (χ1n) is 10.9. The number of hydrogen-bond donors (Lipinski definition) is 3. The third-order valence-electron chi connectivity index (χ3n) is 6.48. The van der Waals surface area contributed by atoms with Gasteiger partial charge in [0.25, 0.3) is 5.91 Å². The molecule has 5 rings (SSSR count). The smallest absolute Gasteiger partial charge is 0.252 e. The van der Waals surface area contributed by atoms with Crippen molar-refractivity contribution in [1.82, 2.24) is 20.1 Å². The number of amides is 1. The van der Waals surface area contributed by atoms with E-state index in [4.69, 9.17) is 5.11 Å². The number of H-pyrrole nitrogens is 1. The average Bonchev–Trinajstić information content (AvgIpc) is 3.38. The van der Waals surface area contributed by atoms with Gasteiger partial charge in [-0.1, -0.05) is 30.9 Å². The highest BCUT2D eigenvalue weighted by Crippen LogP contribution is 2.33. The van der Waals surface area contributed by atoms with Gasteiger partial charge in [-0.15, -0.1) is 0 Å². The molecular weight excluding hydrogens is 388 g/mol. The van der Waals surface area contributed by atoms with E-state index >= 15 is 0 Å². The van der Waals surface area contributed by atoms with Crippen LogP contribution in [0.1, 0.15) is 27.0 Å². The van der Waals surface area contributed by atoms with Crippen LogP contribution in [-0.2, 0) is 13.1 Å². The fourth-order valence-corrected chi connectivity index (χ4v) is 4.78. The fourth-order valence-electron chi connectivity index (χ4n) is 4.78. The van der Waals surface area contributed by atoms with Crippen LogP contribution in [0, 0.1) is 0 Å². The number of aromatic nitrogens is 1. The van der Waals surface area contributed by atoms with E-state index in [9.17, 15) is 4.79 Å². The first-order chi connectivity index (χ1) is 15.2. The number of β-amino-alcohol motifs (C(OH)–C–C–N with tert-alkyl or cyclic N) is 1. The van der Waals surface area contributed by atoms with E-state index in [1.807, 2.05) is 18.2 Å². The SMILES string of the molecule is C=Cc1ccc(-c2cc3cc(CN4CCN(CCO)CC4)ccc3[nH]2)c2c1CNC2=O. The summed E-state index contributed by atoms with van der Waals surface area (Å²) < 4.78 is 0. The van der Waals surface area contributed by atoms with Gasteiger partial charge in [0.05, 0.1) is 12.2 Å². The number of aliphatic hydroxyl groups excluding tert-OH is 1. The molecule has 3 aromatic rings. The molecule has 2 aromatic carbocycles. The lowest BCUT2D eigenvalue weighted by atomic mass is 9.96. The van der Waals surface area contributed by atoms with E-state index in [1.54, 1.807) is 0 Å². The van der Waals surface area contributed by atoms with Crippen LogP contribution in [0.15, 0.2) is 43.0 Å². The quantitative estimate of drug-likeness (QED) is 0.578. The molecule has 2 aliphatic rings. The van der Waals surface area contributed by atoms with Gasteiger partial charge < -0.3 is 15.4 Å². The van der Waals surface area contributed by atoms with Crippen molar-refractivity contribution in [2.45, 2.75) is 13.1 Å². The number of piperazine rings is 1. The maximum absolute atomic E-state index is 12.5. The van der Waals surface area contributed by atoms with Gasteiger partial charge >= 0.3 is 0 Å². The molecule has 0 atom stereocenters. The zero-order chi connectivity index (χ0) is 21.4. The van der Waals surface area contributed by atoms with Crippen LogP contribution in [0.3, 0.4) is 0 Å². The summed E-state index contributed by atoms with van der Waals surface area (Å²) in [5, 5.41) is 13.2. The summed E-state index contributed by atoms with van der Waals surface area (Å²) in [5.74, 6) is -0.0200. The van der Waals surface area contributed by atoms with Crippen molar-refractivity contribution in [3.05, 3.63) is 65.2 Å². The van der Waals surface area contributed by atoms with Crippen LogP contribution in [0.2, 0.25) is 0 Å². The Bertz CT molecular complexity index is 1140. The predicted molar refractivity (Wildman–Crippen MR) is 124 cm³/mol. The maximum atomic E-state index is 12.5. The van der Waals surface area contributed by atoms with Crippen molar-refractivity contribution >= 4 is 22.9 Å². The van der Waals surface area contributed by atoms with E-state index in [0.717, 1.165) is 78.1 Å². The number of aliphatic hydroxyl groups is 1. The minimum absolute atomic E-state index is 0.0200. The zero-order valence-electron chi connectivity index (χ0n) is 17.7. The molecule has 0 bridgehead atoms. The van der Waals surface area contributed by atoms with Crippen molar-refractivity contribution in [3.8, 4) is 11.3 Å². The minimum Gasteiger partial charge on any atom is -0.395 e. The largest absolute Gasteiger partial charge is 0.395 e. The lowest BCUT2D eigenvalue weighted by molar-refractivity contribution is 0.0966. The summed E-state index contributed by atoms with van der Waals surface area (Å²) in [6.07, 6.45) is 1.81. The summed E-state index contributed by atoms with van der Waals surface area (Å²) in [5.41, 5.74) is 7.06. The van der Waals surface area contributed by atoms with Crippen LogP contribution in [-0.4, -0.2) is 65.1 Å². The highest BCUT2D eigenvalue weighted by atomic mass is 16.3. The molecule has 1 aromatic heterocycles. The van der Waals surface area contributed by atoms with Crippen molar-refractivity contribution in [3.63, 3.8) is 0 Å². The fraction of sp³-hybridized carbons (Fsp3) is 0.320. The van der Waals surface area contributed by atoms with E-state index < -0.39 is 0 Å². The molecule has 2 aliphatic heterocycles. The number of carbonyl (C=O) groups is 1.